The first-order chi connectivity index (χ1) is 16.0. The Labute approximate surface area is 207 Å². The predicted octanol–water partition coefficient (Wildman–Crippen LogP) is 4.89. The highest BCUT2D eigenvalue weighted by atomic mass is 35.5. The Kier molecular flexibility index (Phi) is 7.38. The largest absolute Gasteiger partial charge is 0.475 e. The number of rotatable bonds is 8. The molecule has 3 aromatic rings. The number of benzene rings is 1. The van der Waals surface area contributed by atoms with E-state index in [0.29, 0.717) is 42.0 Å². The van der Waals surface area contributed by atoms with Gasteiger partial charge in [0.1, 0.15) is 18.1 Å². The number of carbonyl (C=O) groups excluding carboxylic acids is 2. The van der Waals surface area contributed by atoms with E-state index in [-0.39, 0.29) is 12.2 Å². The second-order valence-corrected chi connectivity index (χ2v) is 9.11. The number of halogens is 1. The average molecular weight is 503 g/mol. The minimum Gasteiger partial charge on any atom is -0.475 e. The lowest BCUT2D eigenvalue weighted by atomic mass is 9.75. The molecule has 1 fully saturated rings. The van der Waals surface area contributed by atoms with Crippen molar-refractivity contribution in [2.24, 2.45) is 0 Å². The van der Waals surface area contributed by atoms with Crippen LogP contribution >= 0.6 is 35.8 Å². The number of ether oxygens (including phenoxy) is 2. The molecule has 1 aromatic carbocycles. The molecular weight excluding hydrogens is 480 g/mol. The van der Waals surface area contributed by atoms with Crippen LogP contribution in [0, 0.1) is 0 Å². The van der Waals surface area contributed by atoms with Crippen LogP contribution in [0.5, 0.6) is 5.88 Å². The Morgan fingerprint density at radius 3 is 2.73 bits per heavy atom. The molecule has 1 saturated heterocycles. The summed E-state index contributed by atoms with van der Waals surface area (Å²) in [6.45, 7) is 3.29. The van der Waals surface area contributed by atoms with E-state index in [1.165, 1.54) is 15.6 Å². The van der Waals surface area contributed by atoms with E-state index in [1.807, 2.05) is 23.8 Å². The summed E-state index contributed by atoms with van der Waals surface area (Å²) in [4.78, 5) is 31.8. The number of hydrogen-bond acceptors (Lipinski definition) is 7. The van der Waals surface area contributed by atoms with Gasteiger partial charge in [-0.3, -0.25) is 13.9 Å². The molecule has 6 nitrogen and oxygen atoms in total. The number of Topliss-reactive ketones (excluding diaryl/α,β-unsaturated/α-hetero) is 1. The maximum Gasteiger partial charge on any atom is 0.248 e. The van der Waals surface area contributed by atoms with E-state index in [4.69, 9.17) is 21.1 Å². The second-order valence-electron chi connectivity index (χ2n) is 7.53. The van der Waals surface area contributed by atoms with Crippen molar-refractivity contribution in [3.05, 3.63) is 81.1 Å². The molecule has 0 bridgehead atoms. The van der Waals surface area contributed by atoms with E-state index in [1.54, 1.807) is 42.5 Å². The second kappa shape index (κ2) is 10.3. The number of ketones is 1. The first kappa shape index (κ1) is 23.8. The van der Waals surface area contributed by atoms with Crippen molar-refractivity contribution in [2.75, 3.05) is 19.8 Å². The fourth-order valence-corrected chi connectivity index (χ4v) is 5.41. The minimum atomic E-state index is -1.17. The summed E-state index contributed by atoms with van der Waals surface area (Å²) in [6, 6.07) is 14.1. The van der Waals surface area contributed by atoms with Gasteiger partial charge in [-0.05, 0) is 47.0 Å². The van der Waals surface area contributed by atoms with Crippen molar-refractivity contribution >= 4 is 47.4 Å². The molecular formula is C24H23ClN2O4S2. The minimum absolute atomic E-state index is 0.00423. The zero-order chi connectivity index (χ0) is 23.4. The smallest absolute Gasteiger partial charge is 0.248 e. The van der Waals surface area contributed by atoms with Crippen molar-refractivity contribution in [2.45, 2.75) is 24.8 Å². The molecule has 33 heavy (non-hydrogen) atoms. The summed E-state index contributed by atoms with van der Waals surface area (Å²) in [6.07, 6.45) is 0.00423. The number of carbonyl (C=O) groups is 2. The monoisotopic (exact) mass is 502 g/mol. The third kappa shape index (κ3) is 4.53. The van der Waals surface area contributed by atoms with Crippen LogP contribution in [0.1, 0.15) is 36.1 Å². The van der Waals surface area contributed by atoms with Gasteiger partial charge in [0.05, 0.1) is 12.3 Å². The van der Waals surface area contributed by atoms with Gasteiger partial charge in [-0.1, -0.05) is 48.7 Å². The Morgan fingerprint density at radius 1 is 1.18 bits per heavy atom. The van der Waals surface area contributed by atoms with Gasteiger partial charge in [-0.2, -0.15) is 11.3 Å². The highest BCUT2D eigenvalue weighted by Gasteiger charge is 2.53. The van der Waals surface area contributed by atoms with Gasteiger partial charge >= 0.3 is 0 Å². The van der Waals surface area contributed by atoms with Crippen LogP contribution in [0.25, 0.3) is 0 Å². The normalized spacial score (nSPS) is 20.8. The molecule has 4 rings (SSSR count). The van der Waals surface area contributed by atoms with E-state index >= 15 is 0 Å². The molecule has 0 saturated carbocycles. The summed E-state index contributed by atoms with van der Waals surface area (Å²) in [5, 5.41) is 4.18. The topological polar surface area (TPSA) is 68.7 Å². The summed E-state index contributed by atoms with van der Waals surface area (Å²) < 4.78 is 12.4. The number of thiophene rings is 1. The number of thiol groups is 1. The van der Waals surface area contributed by atoms with Gasteiger partial charge in [-0.25, -0.2) is 4.98 Å². The summed E-state index contributed by atoms with van der Waals surface area (Å²) in [5.74, 6) is -1.32. The Balaban J connectivity index is 1.74. The van der Waals surface area contributed by atoms with Gasteiger partial charge in [0.2, 0.25) is 11.8 Å². The fourth-order valence-electron chi connectivity index (χ4n) is 4.04. The van der Waals surface area contributed by atoms with Crippen LogP contribution in [0.3, 0.4) is 0 Å². The van der Waals surface area contributed by atoms with Crippen molar-refractivity contribution in [1.82, 2.24) is 9.29 Å². The van der Waals surface area contributed by atoms with Crippen molar-refractivity contribution < 1.29 is 19.1 Å². The molecule has 2 atom stereocenters. The lowest BCUT2D eigenvalue weighted by molar-refractivity contribution is -0.142. The zero-order valence-electron chi connectivity index (χ0n) is 17.9. The lowest BCUT2D eigenvalue weighted by Crippen LogP contribution is -2.54. The summed E-state index contributed by atoms with van der Waals surface area (Å²) >= 11 is 12.4. The fraction of sp³-hybridized carbons (Fsp3) is 0.292. The van der Waals surface area contributed by atoms with Crippen molar-refractivity contribution in [3.8, 4) is 5.88 Å². The van der Waals surface area contributed by atoms with Gasteiger partial charge in [0, 0.05) is 24.1 Å². The highest BCUT2D eigenvalue weighted by molar-refractivity contribution is 7.78. The van der Waals surface area contributed by atoms with E-state index in [2.05, 4.69) is 17.8 Å². The highest BCUT2D eigenvalue weighted by Crippen LogP contribution is 2.48. The third-order valence-corrected chi connectivity index (χ3v) is 7.18. The molecule has 1 aliphatic rings. The van der Waals surface area contributed by atoms with E-state index < -0.39 is 17.4 Å². The van der Waals surface area contributed by atoms with E-state index in [9.17, 15) is 9.59 Å². The zero-order valence-corrected chi connectivity index (χ0v) is 20.4. The van der Waals surface area contributed by atoms with Crippen LogP contribution in [-0.2, 0) is 19.9 Å². The molecule has 1 aliphatic heterocycles. The van der Waals surface area contributed by atoms with Crippen LogP contribution in [0.4, 0.5) is 0 Å². The van der Waals surface area contributed by atoms with Gasteiger partial charge in [0.15, 0.2) is 5.78 Å². The number of hydrogen-bond donors (Lipinski definition) is 1. The van der Waals surface area contributed by atoms with Crippen molar-refractivity contribution in [3.63, 3.8) is 0 Å². The maximum absolute atomic E-state index is 13.6. The predicted molar refractivity (Wildman–Crippen MR) is 131 cm³/mol. The summed E-state index contributed by atoms with van der Waals surface area (Å²) in [7, 11) is 0. The molecule has 1 amide bonds. The Morgan fingerprint density at radius 2 is 2.00 bits per heavy atom. The van der Waals surface area contributed by atoms with Crippen LogP contribution in [0.15, 0.2) is 59.3 Å². The third-order valence-electron chi connectivity index (χ3n) is 5.61. The molecule has 3 heterocycles. The quantitative estimate of drug-likeness (QED) is 0.270. The Hall–Kier alpha value is -2.39. The SMILES string of the molecule is CCOCCOc1cccc(C2(c3ccsc3)CC(=O)C(c3ccccc3Cl)C(=O)N2S)n1. The molecule has 0 spiro atoms. The number of pyridine rings is 1. The standard InChI is InChI=1S/C24H23ClN2O4S2/c1-2-30-11-12-31-21-9-5-8-20(26-21)24(16-10-13-33-15-16)14-19(28)22(23(29)27(24)32)17-6-3-4-7-18(17)25/h3-10,13,15,22,32H,2,11-12,14H2,1H3. The first-order valence-electron chi connectivity index (χ1n) is 10.5. The number of amides is 1. The van der Waals surface area contributed by atoms with Gasteiger partial charge in [0.25, 0.3) is 0 Å². The molecule has 0 N–H and O–H groups in total. The van der Waals surface area contributed by atoms with Crippen LogP contribution < -0.4 is 4.74 Å². The molecule has 9 heteroatoms. The van der Waals surface area contributed by atoms with Crippen LogP contribution in [-0.4, -0.2) is 40.8 Å². The van der Waals surface area contributed by atoms with Gasteiger partial charge in [-0.15, -0.1) is 0 Å². The number of nitrogens with zero attached hydrogens (tertiary/aromatic N) is 2. The number of piperidine rings is 1. The summed E-state index contributed by atoms with van der Waals surface area (Å²) in [5.41, 5.74) is 0.576. The molecule has 2 aromatic heterocycles. The Bertz CT molecular complexity index is 1140. The average Bonchev–Trinajstić information content (AvgIpc) is 3.36. The van der Waals surface area contributed by atoms with Crippen molar-refractivity contribution in [1.29, 1.82) is 0 Å². The van der Waals surface area contributed by atoms with Gasteiger partial charge < -0.3 is 9.47 Å². The lowest BCUT2D eigenvalue weighted by Gasteiger charge is -2.45. The van der Waals surface area contributed by atoms with E-state index in [0.717, 1.165) is 5.56 Å². The number of aromatic nitrogens is 1. The molecule has 2 unspecified atom stereocenters. The molecule has 0 aliphatic carbocycles. The molecule has 172 valence electrons. The molecule has 0 radical (unpaired) electrons. The maximum atomic E-state index is 13.6. The van der Waals surface area contributed by atoms with Crippen LogP contribution in [0.2, 0.25) is 5.02 Å². The first-order valence-corrected chi connectivity index (χ1v) is 12.2.